The lowest BCUT2D eigenvalue weighted by Crippen LogP contribution is -2.05. The van der Waals surface area contributed by atoms with Gasteiger partial charge in [-0.05, 0) is 30.3 Å². The average molecular weight is 274 g/mol. The summed E-state index contributed by atoms with van der Waals surface area (Å²) in [6.07, 6.45) is 0. The molecular formula is C14H14N2O2S. The first-order chi connectivity index (χ1) is 9.19. The number of benzene rings is 1. The van der Waals surface area contributed by atoms with Gasteiger partial charge in [0, 0.05) is 16.3 Å². The SMILES string of the molecule is COC(=O)c1cccc(CSc2cccc(N)c2)n1. The first kappa shape index (κ1) is 13.4. The summed E-state index contributed by atoms with van der Waals surface area (Å²) >= 11 is 1.62. The number of ether oxygens (including phenoxy) is 1. The van der Waals surface area contributed by atoms with E-state index in [1.807, 2.05) is 30.3 Å². The van der Waals surface area contributed by atoms with Crippen LogP contribution in [0.5, 0.6) is 0 Å². The van der Waals surface area contributed by atoms with Gasteiger partial charge in [-0.25, -0.2) is 9.78 Å². The molecule has 2 rings (SSSR count). The van der Waals surface area contributed by atoms with Crippen molar-refractivity contribution in [2.45, 2.75) is 10.6 Å². The van der Waals surface area contributed by atoms with Gasteiger partial charge in [-0.3, -0.25) is 0 Å². The highest BCUT2D eigenvalue weighted by Gasteiger charge is 2.07. The van der Waals surface area contributed by atoms with Crippen LogP contribution in [0.15, 0.2) is 47.4 Å². The lowest BCUT2D eigenvalue weighted by atomic mass is 10.3. The molecule has 0 unspecified atom stereocenters. The number of nitrogens with two attached hydrogens (primary N) is 1. The summed E-state index contributed by atoms with van der Waals surface area (Å²) < 4.78 is 4.64. The van der Waals surface area contributed by atoms with E-state index in [2.05, 4.69) is 9.72 Å². The van der Waals surface area contributed by atoms with E-state index >= 15 is 0 Å². The van der Waals surface area contributed by atoms with Gasteiger partial charge in [-0.1, -0.05) is 12.1 Å². The first-order valence-corrected chi connectivity index (χ1v) is 6.70. The number of hydrogen-bond donors (Lipinski definition) is 1. The van der Waals surface area contributed by atoms with E-state index in [9.17, 15) is 4.79 Å². The van der Waals surface area contributed by atoms with Crippen molar-refractivity contribution in [2.24, 2.45) is 0 Å². The topological polar surface area (TPSA) is 65.2 Å². The van der Waals surface area contributed by atoms with Crippen molar-refractivity contribution in [1.29, 1.82) is 0 Å². The van der Waals surface area contributed by atoms with Crippen molar-refractivity contribution < 1.29 is 9.53 Å². The van der Waals surface area contributed by atoms with Crippen molar-refractivity contribution >= 4 is 23.4 Å². The molecule has 2 aromatic rings. The van der Waals surface area contributed by atoms with Crippen LogP contribution in [0.2, 0.25) is 0 Å². The molecule has 2 N–H and O–H groups in total. The van der Waals surface area contributed by atoms with Gasteiger partial charge in [0.05, 0.1) is 12.8 Å². The fourth-order valence-electron chi connectivity index (χ4n) is 1.54. The fraction of sp³-hybridized carbons (Fsp3) is 0.143. The fourth-order valence-corrected chi connectivity index (χ4v) is 2.41. The summed E-state index contributed by atoms with van der Waals surface area (Å²) in [6.45, 7) is 0. The Kier molecular flexibility index (Phi) is 4.41. The second kappa shape index (κ2) is 6.24. The standard InChI is InChI=1S/C14H14N2O2S/c1-18-14(17)13-7-3-5-11(16-13)9-19-12-6-2-4-10(15)8-12/h2-8H,9,15H2,1H3. The normalized spacial score (nSPS) is 10.2. The Morgan fingerprint density at radius 3 is 2.84 bits per heavy atom. The highest BCUT2D eigenvalue weighted by molar-refractivity contribution is 7.98. The largest absolute Gasteiger partial charge is 0.464 e. The van der Waals surface area contributed by atoms with Crippen LogP contribution in [0.3, 0.4) is 0 Å². The van der Waals surface area contributed by atoms with Gasteiger partial charge in [-0.15, -0.1) is 11.8 Å². The Bertz CT molecular complexity index is 587. The van der Waals surface area contributed by atoms with Crippen LogP contribution in [0.25, 0.3) is 0 Å². The molecule has 0 amide bonds. The van der Waals surface area contributed by atoms with Crippen molar-refractivity contribution in [3.05, 3.63) is 53.9 Å². The molecule has 1 aromatic heterocycles. The second-order valence-electron chi connectivity index (χ2n) is 3.87. The monoisotopic (exact) mass is 274 g/mol. The number of rotatable bonds is 4. The van der Waals surface area contributed by atoms with E-state index in [4.69, 9.17) is 5.73 Å². The maximum Gasteiger partial charge on any atom is 0.356 e. The van der Waals surface area contributed by atoms with Gasteiger partial charge in [0.2, 0.25) is 0 Å². The van der Waals surface area contributed by atoms with Gasteiger partial charge in [0.15, 0.2) is 0 Å². The predicted octanol–water partition coefficient (Wildman–Crippen LogP) is 2.74. The van der Waals surface area contributed by atoms with Gasteiger partial charge in [0.25, 0.3) is 0 Å². The zero-order chi connectivity index (χ0) is 13.7. The Hall–Kier alpha value is -2.01. The van der Waals surface area contributed by atoms with Crippen molar-refractivity contribution in [1.82, 2.24) is 4.98 Å². The summed E-state index contributed by atoms with van der Waals surface area (Å²) in [7, 11) is 1.35. The van der Waals surface area contributed by atoms with Gasteiger partial charge in [-0.2, -0.15) is 0 Å². The number of esters is 1. The molecule has 0 bridgehead atoms. The van der Waals surface area contributed by atoms with Gasteiger partial charge >= 0.3 is 5.97 Å². The number of methoxy groups -OCH3 is 1. The number of hydrogen-bond acceptors (Lipinski definition) is 5. The molecule has 98 valence electrons. The lowest BCUT2D eigenvalue weighted by molar-refractivity contribution is 0.0594. The smallest absolute Gasteiger partial charge is 0.356 e. The van der Waals surface area contributed by atoms with Crippen molar-refractivity contribution in [2.75, 3.05) is 12.8 Å². The van der Waals surface area contributed by atoms with Crippen LogP contribution in [-0.4, -0.2) is 18.1 Å². The Morgan fingerprint density at radius 1 is 1.32 bits per heavy atom. The Balaban J connectivity index is 2.05. The predicted molar refractivity (Wildman–Crippen MR) is 76.0 cm³/mol. The van der Waals surface area contributed by atoms with Crippen molar-refractivity contribution in [3.8, 4) is 0 Å². The van der Waals surface area contributed by atoms with Crippen LogP contribution in [-0.2, 0) is 10.5 Å². The van der Waals surface area contributed by atoms with E-state index in [1.54, 1.807) is 23.9 Å². The summed E-state index contributed by atoms with van der Waals surface area (Å²) in [6, 6.07) is 13.0. The molecule has 0 saturated carbocycles. The van der Waals surface area contributed by atoms with Crippen molar-refractivity contribution in [3.63, 3.8) is 0 Å². The molecule has 5 heteroatoms. The number of carbonyl (C=O) groups is 1. The molecule has 0 aliphatic heterocycles. The zero-order valence-electron chi connectivity index (χ0n) is 10.5. The molecule has 1 aromatic carbocycles. The van der Waals surface area contributed by atoms with E-state index in [1.165, 1.54) is 7.11 Å². The molecule has 0 fully saturated rings. The second-order valence-corrected chi connectivity index (χ2v) is 4.92. The van der Waals surface area contributed by atoms with Crippen LogP contribution in [0.1, 0.15) is 16.2 Å². The average Bonchev–Trinajstić information content (AvgIpc) is 2.45. The maximum atomic E-state index is 11.4. The number of aromatic nitrogens is 1. The maximum absolute atomic E-state index is 11.4. The number of pyridine rings is 1. The lowest BCUT2D eigenvalue weighted by Gasteiger charge is -2.04. The van der Waals surface area contributed by atoms with E-state index in [0.29, 0.717) is 11.4 Å². The molecular weight excluding hydrogens is 260 g/mol. The van der Waals surface area contributed by atoms with Gasteiger partial charge in [0.1, 0.15) is 5.69 Å². The van der Waals surface area contributed by atoms with E-state index < -0.39 is 5.97 Å². The minimum Gasteiger partial charge on any atom is -0.464 e. The summed E-state index contributed by atoms with van der Waals surface area (Å²) in [4.78, 5) is 16.7. The van der Waals surface area contributed by atoms with E-state index in [0.717, 1.165) is 16.3 Å². The van der Waals surface area contributed by atoms with Crippen LogP contribution >= 0.6 is 11.8 Å². The minimum atomic E-state index is -0.421. The first-order valence-electron chi connectivity index (χ1n) is 5.71. The third-order valence-corrected chi connectivity index (χ3v) is 3.47. The third-order valence-electron chi connectivity index (χ3n) is 2.45. The van der Waals surface area contributed by atoms with Crippen LogP contribution < -0.4 is 5.73 Å². The van der Waals surface area contributed by atoms with Gasteiger partial charge < -0.3 is 10.5 Å². The Labute approximate surface area is 116 Å². The molecule has 0 aliphatic carbocycles. The summed E-state index contributed by atoms with van der Waals surface area (Å²) in [5.41, 5.74) is 7.61. The number of nitrogens with zero attached hydrogens (tertiary/aromatic N) is 1. The quantitative estimate of drug-likeness (QED) is 0.527. The van der Waals surface area contributed by atoms with Crippen LogP contribution in [0, 0.1) is 0 Å². The number of thioether (sulfide) groups is 1. The number of carbonyl (C=O) groups excluding carboxylic acids is 1. The summed E-state index contributed by atoms with van der Waals surface area (Å²) in [5, 5.41) is 0. The number of nitrogen functional groups attached to an aromatic ring is 1. The minimum absolute atomic E-state index is 0.327. The molecule has 0 aliphatic rings. The third kappa shape index (κ3) is 3.72. The molecule has 0 saturated heterocycles. The molecule has 1 heterocycles. The molecule has 4 nitrogen and oxygen atoms in total. The Morgan fingerprint density at radius 2 is 2.11 bits per heavy atom. The highest BCUT2D eigenvalue weighted by atomic mass is 32.2. The molecule has 19 heavy (non-hydrogen) atoms. The van der Waals surface area contributed by atoms with Crippen LogP contribution in [0.4, 0.5) is 5.69 Å². The molecule has 0 spiro atoms. The summed E-state index contributed by atoms with van der Waals surface area (Å²) in [5.74, 6) is 0.254. The van der Waals surface area contributed by atoms with E-state index in [-0.39, 0.29) is 0 Å². The highest BCUT2D eigenvalue weighted by Crippen LogP contribution is 2.23. The number of anilines is 1. The molecule has 0 atom stereocenters. The molecule has 0 radical (unpaired) electrons. The zero-order valence-corrected chi connectivity index (χ0v) is 11.3.